The van der Waals surface area contributed by atoms with Crippen molar-refractivity contribution in [1.29, 1.82) is 0 Å². The van der Waals surface area contributed by atoms with E-state index in [0.717, 1.165) is 59.1 Å². The largest absolute Gasteiger partial charge is 0.506 e. The molecule has 0 aliphatic carbocycles. The zero-order valence-electron chi connectivity index (χ0n) is 38.8. The van der Waals surface area contributed by atoms with E-state index in [4.69, 9.17) is 0 Å². The number of halogens is 6. The van der Waals surface area contributed by atoms with Gasteiger partial charge in [-0.25, -0.2) is 9.59 Å². The second kappa shape index (κ2) is 22.9. The van der Waals surface area contributed by atoms with Gasteiger partial charge >= 0.3 is 18.1 Å². The first-order chi connectivity index (χ1) is 31.4. The fraction of sp³-hybridized carbons (Fsp3) is 0.417. The van der Waals surface area contributed by atoms with E-state index in [0.29, 0.717) is 53.5 Å². The molecule has 0 spiro atoms. The van der Waals surface area contributed by atoms with Crippen molar-refractivity contribution in [1.82, 2.24) is 34.2 Å². The molecule has 21 heteroatoms. The minimum atomic E-state index is -4.27. The summed E-state index contributed by atoms with van der Waals surface area (Å²) in [5.74, 6) is -3.98. The molecule has 2 aromatic carbocycles. The Morgan fingerprint density at radius 2 is 1.19 bits per heavy atom. The van der Waals surface area contributed by atoms with Crippen molar-refractivity contribution in [2.75, 3.05) is 26.7 Å². The number of carbonyl (C=O) groups is 2. The fourth-order valence-electron chi connectivity index (χ4n) is 9.69. The molecule has 6 aromatic rings. The number of aromatic nitrogens is 4. The number of nitrogens with one attached hydrogen (secondary N) is 3. The van der Waals surface area contributed by atoms with Crippen molar-refractivity contribution in [3.63, 3.8) is 0 Å². The molecule has 0 radical (unpaired) electrons. The predicted octanol–water partition coefficient (Wildman–Crippen LogP) is 8.37. The summed E-state index contributed by atoms with van der Waals surface area (Å²) in [7, 11) is 5.88. The second-order valence-corrected chi connectivity index (χ2v) is 17.2. The van der Waals surface area contributed by atoms with Crippen LogP contribution in [0, 0.1) is 0 Å². The molecule has 1 unspecified atom stereocenters. The van der Waals surface area contributed by atoms with E-state index in [2.05, 4.69) is 37.9 Å². The summed E-state index contributed by atoms with van der Waals surface area (Å²) in [5, 5.41) is 44.6. The lowest BCUT2D eigenvalue weighted by atomic mass is 9.99. The number of benzene rings is 2. The number of aromatic carboxylic acids is 2. The van der Waals surface area contributed by atoms with Gasteiger partial charge in [0.15, 0.2) is 11.1 Å². The zero-order valence-corrected chi connectivity index (χ0v) is 41.3. The van der Waals surface area contributed by atoms with Gasteiger partial charge in [-0.05, 0) is 106 Å². The molecular formula is C48H59Cl3F3N7O8. The molecule has 6 heterocycles. The number of carboxylic acid groups (broad SMARTS) is 2. The first kappa shape index (κ1) is 56.1. The molecule has 0 saturated carbocycles. The molecular weight excluding hydrogens is 966 g/mol. The van der Waals surface area contributed by atoms with Gasteiger partial charge in [0.2, 0.25) is 0 Å². The van der Waals surface area contributed by atoms with E-state index >= 15 is 0 Å². The van der Waals surface area contributed by atoms with E-state index in [1.807, 2.05) is 42.8 Å². The third kappa shape index (κ3) is 11.4. The monoisotopic (exact) mass is 1020 g/mol. The number of likely N-dealkylation sites (N-methyl/N-ethyl adjacent to an activating group) is 1. The molecule has 69 heavy (non-hydrogen) atoms. The summed E-state index contributed by atoms with van der Waals surface area (Å²) in [6.07, 6.45) is 0.168. The summed E-state index contributed by atoms with van der Waals surface area (Å²) in [6, 6.07) is 14.2. The van der Waals surface area contributed by atoms with Gasteiger partial charge in [-0.15, -0.1) is 37.2 Å². The zero-order chi connectivity index (χ0) is 47.8. The Hall–Kier alpha value is -5.50. The van der Waals surface area contributed by atoms with Crippen LogP contribution in [-0.4, -0.2) is 106 Å². The number of pyridine rings is 2. The van der Waals surface area contributed by atoms with Gasteiger partial charge in [-0.3, -0.25) is 19.4 Å². The van der Waals surface area contributed by atoms with Crippen molar-refractivity contribution >= 4 is 71.0 Å². The van der Waals surface area contributed by atoms with Gasteiger partial charge in [-0.2, -0.15) is 13.2 Å². The van der Waals surface area contributed by atoms with Crippen LogP contribution in [0.4, 0.5) is 13.2 Å². The number of H-pyrrole nitrogens is 2. The summed E-state index contributed by atoms with van der Waals surface area (Å²) in [6.45, 7) is 7.07. The lowest BCUT2D eigenvalue weighted by Crippen LogP contribution is -2.48. The normalized spacial score (nSPS) is 16.5. The molecule has 4 aromatic heterocycles. The highest BCUT2D eigenvalue weighted by molar-refractivity contribution is 5.94. The van der Waals surface area contributed by atoms with E-state index in [-0.39, 0.29) is 56.6 Å². The number of nitrogens with zero attached hydrogens (tertiary/aromatic N) is 4. The number of aromatic amines is 2. The highest BCUT2D eigenvalue weighted by atomic mass is 35.5. The number of carboxylic acids is 2. The number of piperidine rings is 2. The fourth-order valence-corrected chi connectivity index (χ4v) is 9.69. The van der Waals surface area contributed by atoms with Gasteiger partial charge < -0.3 is 44.8 Å². The lowest BCUT2D eigenvalue weighted by molar-refractivity contribution is -0.192. The highest BCUT2D eigenvalue weighted by Gasteiger charge is 2.44. The quantitative estimate of drug-likeness (QED) is 0.0656. The number of hydrogen-bond donors (Lipinski definition) is 7. The average Bonchev–Trinajstić information content (AvgIpc) is 3.75. The van der Waals surface area contributed by atoms with E-state index in [9.17, 15) is 52.8 Å². The van der Waals surface area contributed by atoms with Crippen LogP contribution >= 0.6 is 37.2 Å². The van der Waals surface area contributed by atoms with Crippen LogP contribution in [0.5, 0.6) is 11.5 Å². The average molecular weight is 1030 g/mol. The van der Waals surface area contributed by atoms with Crippen molar-refractivity contribution in [3.8, 4) is 34.0 Å². The molecule has 0 bridgehead atoms. The van der Waals surface area contributed by atoms with Crippen LogP contribution < -0.4 is 16.4 Å². The number of rotatable bonds is 11. The Kier molecular flexibility index (Phi) is 18.7. The first-order valence-corrected chi connectivity index (χ1v) is 22.2. The second-order valence-electron chi connectivity index (χ2n) is 17.2. The van der Waals surface area contributed by atoms with Crippen LogP contribution in [-0.2, 0) is 40.0 Å². The molecule has 2 aliphatic heterocycles. The molecule has 2 aliphatic rings. The van der Waals surface area contributed by atoms with Gasteiger partial charge in [-0.1, -0.05) is 32.4 Å². The van der Waals surface area contributed by atoms with E-state index in [1.165, 1.54) is 23.4 Å². The first-order valence-electron chi connectivity index (χ1n) is 22.2. The van der Waals surface area contributed by atoms with E-state index in [1.54, 1.807) is 32.2 Å². The SMILES string of the molecule is CCc1c(-c2ccc3c(c2)cc(CN2CCCCC2C(F)(F)F)n3C)[nH]c(=O)c(C(=O)O)c1O.CCc1c(-c2ccc3c(c2)cc(CN2CCC[C@H](NC)C2)n3C)[nH]c(=O)c(C(=O)O)c1O.Cl.Cl.Cl. The topological polar surface area (TPSA) is 209 Å². The Labute approximate surface area is 414 Å². The van der Waals surface area contributed by atoms with Crippen LogP contribution in [0.25, 0.3) is 44.3 Å². The molecule has 376 valence electrons. The van der Waals surface area contributed by atoms with Crippen molar-refractivity contribution in [3.05, 3.63) is 103 Å². The predicted molar refractivity (Wildman–Crippen MR) is 267 cm³/mol. The molecule has 2 fully saturated rings. The van der Waals surface area contributed by atoms with Crippen molar-refractivity contribution in [2.24, 2.45) is 14.1 Å². The number of aromatic hydroxyl groups is 2. The Balaban J connectivity index is 0.000000288. The molecule has 8 rings (SSSR count). The van der Waals surface area contributed by atoms with Crippen LogP contribution in [0.15, 0.2) is 58.1 Å². The number of likely N-dealkylation sites (tertiary alicyclic amines) is 2. The summed E-state index contributed by atoms with van der Waals surface area (Å²) in [4.78, 5) is 56.6. The molecule has 15 nitrogen and oxygen atoms in total. The number of aryl methyl sites for hydroxylation is 2. The van der Waals surface area contributed by atoms with Crippen LogP contribution in [0.2, 0.25) is 0 Å². The lowest BCUT2D eigenvalue weighted by Gasteiger charge is -2.36. The third-order valence-corrected chi connectivity index (χ3v) is 13.2. The summed E-state index contributed by atoms with van der Waals surface area (Å²) < 4.78 is 44.6. The Bertz CT molecular complexity index is 2950. The number of fused-ring (bicyclic) bond motifs is 2. The maximum atomic E-state index is 13.5. The third-order valence-electron chi connectivity index (χ3n) is 13.2. The van der Waals surface area contributed by atoms with E-state index < -0.39 is 57.9 Å². The standard InChI is InChI=1S/C24H26F3N3O4.C24H30N4O4.3ClH/c1-3-16-20(28-22(32)19(21(16)31)23(33)34)13-7-8-17-14(10-13)11-15(29(17)2)12-30-9-5-4-6-18(30)24(25,26)27;1-4-18-21(26-23(30)20(22(18)29)24(31)32)14-7-8-19-15(10-14)11-17(27(19)3)13-28-9-5-6-16(12-28)25-2;;;/h7-8,10-11,18H,3-6,9,12H2,1-2H3,(H,33,34)(H2,28,31,32);7-8,10-11,16,25H,4-6,9,12-13H2,1-3H3,(H,31,32)(H2,26,29,30);3*1H/t;16-;;;/m.0.../s1. The number of alkyl halides is 3. The summed E-state index contributed by atoms with van der Waals surface area (Å²) >= 11 is 0. The maximum absolute atomic E-state index is 13.5. The highest BCUT2D eigenvalue weighted by Crippen LogP contribution is 2.36. The van der Waals surface area contributed by atoms with Crippen LogP contribution in [0.1, 0.15) is 89.2 Å². The smallest absolute Gasteiger partial charge is 0.404 e. The Morgan fingerprint density at radius 3 is 1.62 bits per heavy atom. The summed E-state index contributed by atoms with van der Waals surface area (Å²) in [5.41, 5.74) is 3.60. The van der Waals surface area contributed by atoms with Gasteiger partial charge in [0.25, 0.3) is 11.1 Å². The number of hydrogen-bond acceptors (Lipinski definition) is 9. The van der Waals surface area contributed by atoms with Gasteiger partial charge in [0.1, 0.15) is 17.5 Å². The molecule has 2 saturated heterocycles. The van der Waals surface area contributed by atoms with Gasteiger partial charge in [0, 0.05) is 84.1 Å². The Morgan fingerprint density at radius 1 is 0.710 bits per heavy atom. The van der Waals surface area contributed by atoms with Gasteiger partial charge in [0.05, 0.1) is 11.4 Å². The molecule has 7 N–H and O–H groups in total. The van der Waals surface area contributed by atoms with Crippen molar-refractivity contribution in [2.45, 2.75) is 90.1 Å². The molecule has 2 atom stereocenters. The minimum Gasteiger partial charge on any atom is -0.506 e. The minimum absolute atomic E-state index is 0. The maximum Gasteiger partial charge on any atom is 0.404 e. The van der Waals surface area contributed by atoms with Crippen molar-refractivity contribution < 1.29 is 43.2 Å². The van der Waals surface area contributed by atoms with Crippen LogP contribution in [0.3, 0.4) is 0 Å². The molecule has 0 amide bonds.